The molecule has 0 unspecified atom stereocenters. The van der Waals surface area contributed by atoms with Crippen LogP contribution in [0.3, 0.4) is 0 Å². The lowest BCUT2D eigenvalue weighted by Crippen LogP contribution is -2.11. The molecule has 6 N–H and O–H groups in total. The quantitative estimate of drug-likeness (QED) is 0.517. The number of halogens is 2. The summed E-state index contributed by atoms with van der Waals surface area (Å²) in [7, 11) is 0. The van der Waals surface area contributed by atoms with Gasteiger partial charge in [0.1, 0.15) is 11.7 Å². The van der Waals surface area contributed by atoms with E-state index in [0.717, 1.165) is 11.1 Å². The largest absolute Gasteiger partial charge is 0.384 e. The first kappa shape index (κ1) is 18.0. The molecule has 0 radical (unpaired) electrons. The van der Waals surface area contributed by atoms with E-state index in [1.165, 1.54) is 0 Å². The second-order valence-corrected chi connectivity index (χ2v) is 3.99. The number of nitrogens with two attached hydrogens (primary N) is 2. The third-order valence-electron chi connectivity index (χ3n) is 2.68. The Morgan fingerprint density at radius 1 is 0.700 bits per heavy atom. The molecule has 6 heteroatoms. The Labute approximate surface area is 130 Å². The lowest BCUT2D eigenvalue weighted by Gasteiger charge is -2.06. The van der Waals surface area contributed by atoms with Crippen LogP contribution in [0.25, 0.3) is 11.1 Å². The van der Waals surface area contributed by atoms with E-state index in [1.54, 1.807) is 12.1 Å². The number of rotatable bonds is 3. The summed E-state index contributed by atoms with van der Waals surface area (Å²) in [6.07, 6.45) is 0. The Morgan fingerprint density at radius 3 is 1.35 bits per heavy atom. The van der Waals surface area contributed by atoms with Crippen molar-refractivity contribution in [3.63, 3.8) is 0 Å². The molecule has 2 aromatic carbocycles. The Balaban J connectivity index is 0.00000180. The summed E-state index contributed by atoms with van der Waals surface area (Å²) in [5.41, 5.74) is 14.2. The zero-order valence-corrected chi connectivity index (χ0v) is 12.2. The van der Waals surface area contributed by atoms with Gasteiger partial charge < -0.3 is 11.5 Å². The molecule has 0 saturated carbocycles. The first-order valence-corrected chi connectivity index (χ1v) is 5.47. The number of amidine groups is 2. The van der Waals surface area contributed by atoms with Gasteiger partial charge >= 0.3 is 0 Å². The summed E-state index contributed by atoms with van der Waals surface area (Å²) in [5, 5.41) is 14.9. The molecule has 0 heterocycles. The number of hydrogen-bond acceptors (Lipinski definition) is 2. The highest BCUT2D eigenvalue weighted by Crippen LogP contribution is 2.21. The molecule has 0 amide bonds. The molecule has 2 aromatic rings. The molecule has 4 nitrogen and oxygen atoms in total. The average Bonchev–Trinajstić information content (AvgIpc) is 2.39. The number of hydrogen-bond donors (Lipinski definition) is 4. The summed E-state index contributed by atoms with van der Waals surface area (Å²) in [6, 6.07) is 14.9. The third kappa shape index (κ3) is 3.98. The number of nitrogens with one attached hydrogen (secondary N) is 2. The van der Waals surface area contributed by atoms with Crippen LogP contribution in [0, 0.1) is 10.8 Å². The van der Waals surface area contributed by atoms with E-state index in [2.05, 4.69) is 0 Å². The molecule has 0 atom stereocenters. The number of benzene rings is 2. The van der Waals surface area contributed by atoms with Crippen LogP contribution in [-0.2, 0) is 0 Å². The third-order valence-corrected chi connectivity index (χ3v) is 2.68. The molecule has 0 aromatic heterocycles. The van der Waals surface area contributed by atoms with Crippen molar-refractivity contribution < 1.29 is 0 Å². The van der Waals surface area contributed by atoms with Gasteiger partial charge in [0.2, 0.25) is 0 Å². The second kappa shape index (κ2) is 7.53. The fourth-order valence-electron chi connectivity index (χ4n) is 1.73. The molecule has 0 aliphatic heterocycles. The minimum absolute atomic E-state index is 0. The first-order chi connectivity index (χ1) is 8.58. The fourth-order valence-corrected chi connectivity index (χ4v) is 1.73. The molecule has 106 valence electrons. The SMILES string of the molecule is Cl.Cl.N=C(N)c1cccc(-c2cccc(C(=N)N)c2)c1. The Kier molecular flexibility index (Phi) is 6.76. The molecular formula is C14H16Cl2N4. The Hall–Kier alpha value is -2.04. The fraction of sp³-hybridized carbons (Fsp3) is 0. The molecule has 0 aliphatic carbocycles. The monoisotopic (exact) mass is 310 g/mol. The zero-order valence-electron chi connectivity index (χ0n) is 10.6. The van der Waals surface area contributed by atoms with Crippen molar-refractivity contribution in [2.75, 3.05) is 0 Å². The predicted octanol–water partition coefficient (Wildman–Crippen LogP) is 2.77. The summed E-state index contributed by atoms with van der Waals surface area (Å²) in [6.45, 7) is 0. The molecule has 0 saturated heterocycles. The van der Waals surface area contributed by atoms with Gasteiger partial charge in [0, 0.05) is 11.1 Å². The van der Waals surface area contributed by atoms with Crippen molar-refractivity contribution in [1.29, 1.82) is 10.8 Å². The maximum Gasteiger partial charge on any atom is 0.122 e. The lowest BCUT2D eigenvalue weighted by molar-refractivity contribution is 1.41. The van der Waals surface area contributed by atoms with E-state index in [0.29, 0.717) is 11.1 Å². The summed E-state index contributed by atoms with van der Waals surface area (Å²) >= 11 is 0. The van der Waals surface area contributed by atoms with Gasteiger partial charge in [-0.15, -0.1) is 24.8 Å². The van der Waals surface area contributed by atoms with Crippen molar-refractivity contribution in [3.8, 4) is 11.1 Å². The van der Waals surface area contributed by atoms with Crippen molar-refractivity contribution in [3.05, 3.63) is 59.7 Å². The summed E-state index contributed by atoms with van der Waals surface area (Å²) < 4.78 is 0. The van der Waals surface area contributed by atoms with Crippen molar-refractivity contribution in [1.82, 2.24) is 0 Å². The zero-order chi connectivity index (χ0) is 13.1. The minimum atomic E-state index is 0. The van der Waals surface area contributed by atoms with Gasteiger partial charge in [-0.3, -0.25) is 10.8 Å². The van der Waals surface area contributed by atoms with Crippen LogP contribution in [-0.4, -0.2) is 11.7 Å². The first-order valence-electron chi connectivity index (χ1n) is 5.47. The average molecular weight is 311 g/mol. The van der Waals surface area contributed by atoms with E-state index < -0.39 is 0 Å². The number of nitrogen functional groups attached to an aromatic ring is 2. The van der Waals surface area contributed by atoms with Gasteiger partial charge in [0.25, 0.3) is 0 Å². The van der Waals surface area contributed by atoms with Gasteiger partial charge in [-0.05, 0) is 23.3 Å². The molecule has 20 heavy (non-hydrogen) atoms. The van der Waals surface area contributed by atoms with Crippen molar-refractivity contribution in [2.45, 2.75) is 0 Å². The highest BCUT2D eigenvalue weighted by Gasteiger charge is 2.03. The van der Waals surface area contributed by atoms with Crippen LogP contribution in [0.5, 0.6) is 0 Å². The van der Waals surface area contributed by atoms with Crippen LogP contribution in [0.1, 0.15) is 11.1 Å². The van der Waals surface area contributed by atoms with Crippen molar-refractivity contribution >= 4 is 36.5 Å². The summed E-state index contributed by atoms with van der Waals surface area (Å²) in [5.74, 6) is 0.0825. The lowest BCUT2D eigenvalue weighted by atomic mass is 10.0. The Morgan fingerprint density at radius 2 is 1.05 bits per heavy atom. The van der Waals surface area contributed by atoms with E-state index in [4.69, 9.17) is 22.3 Å². The standard InChI is InChI=1S/C14H14N4.2ClH/c15-13(16)11-5-1-3-9(7-11)10-4-2-6-12(8-10)14(17)18;;/h1-8H,(H3,15,16)(H3,17,18);2*1H. The second-order valence-electron chi connectivity index (χ2n) is 3.99. The maximum atomic E-state index is 7.43. The highest BCUT2D eigenvalue weighted by molar-refractivity contribution is 5.97. The van der Waals surface area contributed by atoms with Gasteiger partial charge in [-0.2, -0.15) is 0 Å². The predicted molar refractivity (Wildman–Crippen MR) is 88.4 cm³/mol. The van der Waals surface area contributed by atoms with E-state index in [-0.39, 0.29) is 36.5 Å². The molecule has 0 aliphatic rings. The van der Waals surface area contributed by atoms with Crippen LogP contribution in [0.15, 0.2) is 48.5 Å². The van der Waals surface area contributed by atoms with E-state index >= 15 is 0 Å². The molecular weight excluding hydrogens is 295 g/mol. The maximum absolute atomic E-state index is 7.43. The van der Waals surface area contributed by atoms with Gasteiger partial charge in [0.15, 0.2) is 0 Å². The molecule has 0 bridgehead atoms. The van der Waals surface area contributed by atoms with Crippen molar-refractivity contribution in [2.24, 2.45) is 11.5 Å². The minimum Gasteiger partial charge on any atom is -0.384 e. The van der Waals surface area contributed by atoms with Gasteiger partial charge in [0.05, 0.1) is 0 Å². The Bertz CT molecular complexity index is 571. The molecule has 0 spiro atoms. The molecule has 2 rings (SSSR count). The van der Waals surface area contributed by atoms with Crippen LogP contribution < -0.4 is 11.5 Å². The topological polar surface area (TPSA) is 99.7 Å². The van der Waals surface area contributed by atoms with E-state index in [1.807, 2.05) is 36.4 Å². The van der Waals surface area contributed by atoms with Gasteiger partial charge in [-0.1, -0.05) is 36.4 Å². The smallest absolute Gasteiger partial charge is 0.122 e. The van der Waals surface area contributed by atoms with Crippen LogP contribution in [0.2, 0.25) is 0 Å². The van der Waals surface area contributed by atoms with Crippen LogP contribution >= 0.6 is 24.8 Å². The highest BCUT2D eigenvalue weighted by atomic mass is 35.5. The van der Waals surface area contributed by atoms with Crippen LogP contribution in [0.4, 0.5) is 0 Å². The van der Waals surface area contributed by atoms with E-state index in [9.17, 15) is 0 Å². The van der Waals surface area contributed by atoms with Gasteiger partial charge in [-0.25, -0.2) is 0 Å². The normalized spacial score (nSPS) is 9.00. The summed E-state index contributed by atoms with van der Waals surface area (Å²) in [4.78, 5) is 0. The molecule has 0 fully saturated rings.